The van der Waals surface area contributed by atoms with E-state index >= 15 is 0 Å². The first-order valence-electron chi connectivity index (χ1n) is 5.10. The summed E-state index contributed by atoms with van der Waals surface area (Å²) in [6.07, 6.45) is 5.30. The fourth-order valence-corrected chi connectivity index (χ4v) is 2.58. The predicted octanol–water partition coefficient (Wildman–Crippen LogP) is 3.27. The van der Waals surface area contributed by atoms with E-state index in [9.17, 15) is 0 Å². The van der Waals surface area contributed by atoms with Crippen LogP contribution in [0, 0.1) is 17.2 Å². The fourth-order valence-electron chi connectivity index (χ4n) is 1.61. The summed E-state index contributed by atoms with van der Waals surface area (Å²) in [4.78, 5) is 4.56. The lowest BCUT2D eigenvalue weighted by molar-refractivity contribution is 0.303. The highest BCUT2D eigenvalue weighted by Crippen LogP contribution is 2.30. The van der Waals surface area contributed by atoms with Crippen molar-refractivity contribution in [2.24, 2.45) is 5.92 Å². The third-order valence-electron chi connectivity index (χ3n) is 2.74. The largest absolute Gasteiger partial charge is 0.361 e. The van der Waals surface area contributed by atoms with Gasteiger partial charge in [0.15, 0.2) is 10.3 Å². The van der Waals surface area contributed by atoms with Crippen molar-refractivity contribution in [3.8, 4) is 6.07 Å². The van der Waals surface area contributed by atoms with E-state index in [0.29, 0.717) is 10.0 Å². The fraction of sp³-hybridized carbons (Fsp3) is 0.600. The first kappa shape index (κ1) is 10.7. The number of anilines is 1. The lowest BCUT2D eigenvalue weighted by Crippen LogP contribution is -2.15. The number of hydrogen-bond acceptors (Lipinski definition) is 4. The molecule has 0 aromatic carbocycles. The van der Waals surface area contributed by atoms with E-state index in [1.54, 1.807) is 0 Å². The molecule has 0 atom stereocenters. The van der Waals surface area contributed by atoms with E-state index in [-0.39, 0.29) is 0 Å². The summed E-state index contributed by atoms with van der Waals surface area (Å²) in [6.45, 7) is 0.930. The third-order valence-corrected chi connectivity index (χ3v) is 4.04. The minimum atomic E-state index is 0.314. The zero-order valence-electron chi connectivity index (χ0n) is 8.29. The number of nitrogens with one attached hydrogen (secondary N) is 1. The Morgan fingerprint density at radius 1 is 1.60 bits per heavy atom. The average Bonchev–Trinajstić information content (AvgIpc) is 2.51. The Morgan fingerprint density at radius 3 is 2.93 bits per heavy atom. The molecule has 0 saturated heterocycles. The molecule has 1 aliphatic rings. The highest BCUT2D eigenvalue weighted by molar-refractivity contribution is 7.16. The number of nitriles is 1. The molecule has 0 radical (unpaired) electrons. The van der Waals surface area contributed by atoms with Crippen LogP contribution < -0.4 is 5.32 Å². The number of thiazole rings is 1. The van der Waals surface area contributed by atoms with Crippen molar-refractivity contribution in [2.45, 2.75) is 25.7 Å². The van der Waals surface area contributed by atoms with E-state index in [1.807, 2.05) is 6.07 Å². The molecule has 1 N–H and O–H groups in total. The van der Waals surface area contributed by atoms with Crippen molar-refractivity contribution in [1.82, 2.24) is 4.98 Å². The van der Waals surface area contributed by atoms with Gasteiger partial charge in [-0.25, -0.2) is 4.98 Å². The molecular weight excluding hydrogens is 230 g/mol. The molecule has 15 heavy (non-hydrogen) atoms. The van der Waals surface area contributed by atoms with Crippen LogP contribution in [-0.2, 0) is 0 Å². The van der Waals surface area contributed by atoms with Crippen LogP contribution in [0.3, 0.4) is 0 Å². The summed E-state index contributed by atoms with van der Waals surface area (Å²) in [7, 11) is 0. The van der Waals surface area contributed by atoms with Crippen molar-refractivity contribution in [3.05, 3.63) is 10.0 Å². The molecule has 1 aliphatic carbocycles. The van der Waals surface area contributed by atoms with E-state index in [4.69, 9.17) is 16.9 Å². The molecular formula is C10H12ClN3S. The normalized spacial score (nSPS) is 15.7. The van der Waals surface area contributed by atoms with Crippen LogP contribution in [0.5, 0.6) is 0 Å². The third kappa shape index (κ3) is 2.61. The van der Waals surface area contributed by atoms with Gasteiger partial charge in [-0.3, -0.25) is 0 Å². The van der Waals surface area contributed by atoms with Gasteiger partial charge in [0.05, 0.1) is 0 Å². The molecule has 5 heteroatoms. The smallest absolute Gasteiger partial charge is 0.185 e. The Hall–Kier alpha value is -0.790. The number of hydrogen-bond donors (Lipinski definition) is 1. The topological polar surface area (TPSA) is 48.7 Å². The van der Waals surface area contributed by atoms with E-state index in [2.05, 4.69) is 10.3 Å². The Labute approximate surface area is 98.1 Å². The maximum Gasteiger partial charge on any atom is 0.185 e. The monoisotopic (exact) mass is 241 g/mol. The second-order valence-electron chi connectivity index (χ2n) is 3.76. The van der Waals surface area contributed by atoms with Crippen molar-refractivity contribution >= 4 is 28.1 Å². The quantitative estimate of drug-likeness (QED) is 0.880. The van der Waals surface area contributed by atoms with Gasteiger partial charge in [0.1, 0.15) is 10.9 Å². The molecule has 0 amide bonds. The minimum Gasteiger partial charge on any atom is -0.361 e. The van der Waals surface area contributed by atoms with Gasteiger partial charge >= 0.3 is 0 Å². The summed E-state index contributed by atoms with van der Waals surface area (Å²) in [5, 5.41) is 13.0. The average molecular weight is 242 g/mol. The lowest BCUT2D eigenvalue weighted by Gasteiger charge is -2.24. The van der Waals surface area contributed by atoms with Crippen LogP contribution in [0.25, 0.3) is 0 Å². The first-order valence-corrected chi connectivity index (χ1v) is 6.29. The standard InChI is InChI=1S/C10H12ClN3S/c11-9-8(6-12)15-10(14-9)13-5-4-7-2-1-3-7/h7H,1-5H2,(H,13,14). The lowest BCUT2D eigenvalue weighted by atomic mass is 9.83. The second kappa shape index (κ2) is 4.82. The second-order valence-corrected chi connectivity index (χ2v) is 5.12. The number of nitrogens with zero attached hydrogens (tertiary/aromatic N) is 2. The van der Waals surface area contributed by atoms with E-state index < -0.39 is 0 Å². The Balaban J connectivity index is 1.80. The molecule has 0 bridgehead atoms. The van der Waals surface area contributed by atoms with E-state index in [1.165, 1.54) is 37.0 Å². The minimum absolute atomic E-state index is 0.314. The molecule has 0 spiro atoms. The Kier molecular flexibility index (Phi) is 3.45. The maximum atomic E-state index is 8.70. The molecule has 3 nitrogen and oxygen atoms in total. The van der Waals surface area contributed by atoms with Gasteiger partial charge in [0.2, 0.25) is 0 Å². The van der Waals surface area contributed by atoms with Gasteiger partial charge in [-0.1, -0.05) is 42.2 Å². The van der Waals surface area contributed by atoms with Crippen molar-refractivity contribution < 1.29 is 0 Å². The highest BCUT2D eigenvalue weighted by Gasteiger charge is 2.16. The van der Waals surface area contributed by atoms with Crippen molar-refractivity contribution in [3.63, 3.8) is 0 Å². The SMILES string of the molecule is N#Cc1sc(NCCC2CCC2)nc1Cl. The van der Waals surface area contributed by atoms with Crippen LogP contribution in [-0.4, -0.2) is 11.5 Å². The Bertz CT molecular complexity index is 379. The maximum absolute atomic E-state index is 8.70. The first-order chi connectivity index (χ1) is 7.29. The molecule has 1 heterocycles. The van der Waals surface area contributed by atoms with Crippen molar-refractivity contribution in [1.29, 1.82) is 5.26 Å². The van der Waals surface area contributed by atoms with Gasteiger partial charge in [0.25, 0.3) is 0 Å². The number of halogens is 1. The van der Waals surface area contributed by atoms with Crippen LogP contribution in [0.4, 0.5) is 5.13 Å². The highest BCUT2D eigenvalue weighted by atomic mass is 35.5. The molecule has 1 aromatic heterocycles. The van der Waals surface area contributed by atoms with Gasteiger partial charge in [-0.15, -0.1) is 0 Å². The number of rotatable bonds is 4. The zero-order chi connectivity index (χ0) is 10.7. The molecule has 0 unspecified atom stereocenters. The van der Waals surface area contributed by atoms with Crippen molar-refractivity contribution in [2.75, 3.05) is 11.9 Å². The van der Waals surface area contributed by atoms with Crippen LogP contribution in [0.2, 0.25) is 5.15 Å². The summed E-state index contributed by atoms with van der Waals surface area (Å²) >= 11 is 7.08. The molecule has 1 aromatic rings. The predicted molar refractivity (Wildman–Crippen MR) is 62.3 cm³/mol. The summed E-state index contributed by atoms with van der Waals surface area (Å²) < 4.78 is 0. The summed E-state index contributed by atoms with van der Waals surface area (Å²) in [6, 6.07) is 2.02. The van der Waals surface area contributed by atoms with Crippen LogP contribution in [0.15, 0.2) is 0 Å². The molecule has 2 rings (SSSR count). The number of aromatic nitrogens is 1. The molecule has 0 aliphatic heterocycles. The molecule has 1 saturated carbocycles. The summed E-state index contributed by atoms with van der Waals surface area (Å²) in [5.41, 5.74) is 0. The van der Waals surface area contributed by atoms with Gasteiger partial charge in [-0.2, -0.15) is 5.26 Å². The summed E-state index contributed by atoms with van der Waals surface area (Å²) in [5.74, 6) is 0.892. The van der Waals surface area contributed by atoms with Crippen LogP contribution >= 0.6 is 22.9 Å². The van der Waals surface area contributed by atoms with Gasteiger partial charge in [0, 0.05) is 6.54 Å². The van der Waals surface area contributed by atoms with Gasteiger partial charge in [-0.05, 0) is 12.3 Å². The van der Waals surface area contributed by atoms with E-state index in [0.717, 1.165) is 17.6 Å². The van der Waals surface area contributed by atoms with Gasteiger partial charge < -0.3 is 5.32 Å². The van der Waals surface area contributed by atoms with Crippen LogP contribution in [0.1, 0.15) is 30.6 Å². The Morgan fingerprint density at radius 2 is 2.40 bits per heavy atom. The molecule has 80 valence electrons. The molecule has 1 fully saturated rings. The zero-order valence-corrected chi connectivity index (χ0v) is 9.87.